The van der Waals surface area contributed by atoms with Crippen molar-refractivity contribution in [2.45, 2.75) is 55.6 Å². The maximum absolute atomic E-state index is 17.0. The zero-order chi connectivity index (χ0) is 57.1. The highest BCUT2D eigenvalue weighted by atomic mass is 16.7. The van der Waals surface area contributed by atoms with E-state index in [2.05, 4.69) is 22.1 Å². The molecule has 0 aromatic heterocycles. The van der Waals surface area contributed by atoms with Gasteiger partial charge < -0.3 is 43.7 Å². The number of esters is 3. The van der Waals surface area contributed by atoms with Crippen molar-refractivity contribution in [2.75, 3.05) is 65.3 Å². The second kappa shape index (κ2) is 23.6. The Morgan fingerprint density at radius 3 is 2.07 bits per heavy atom. The molecule has 4 amide bonds. The van der Waals surface area contributed by atoms with E-state index < -0.39 is 83.3 Å². The van der Waals surface area contributed by atoms with Gasteiger partial charge in [0.05, 0.1) is 50.6 Å². The van der Waals surface area contributed by atoms with Crippen molar-refractivity contribution in [1.29, 1.82) is 0 Å². The number of carbonyl (C=O) groups excluding carboxylic acids is 6. The average molecular weight is 1110 g/mol. The summed E-state index contributed by atoms with van der Waals surface area (Å²) >= 11 is 0. The third-order valence-electron chi connectivity index (χ3n) is 16.2. The molecule has 3 fully saturated rings. The van der Waals surface area contributed by atoms with Gasteiger partial charge in [0.2, 0.25) is 18.6 Å². The maximum atomic E-state index is 17.0. The van der Waals surface area contributed by atoms with E-state index in [4.69, 9.17) is 28.4 Å². The molecular formula is C64H61N5O13. The number of carbonyl (C=O) groups is 6. The van der Waals surface area contributed by atoms with Crippen LogP contribution in [0.5, 0.6) is 17.2 Å². The van der Waals surface area contributed by atoms with Gasteiger partial charge in [0, 0.05) is 44.7 Å². The number of piperazine rings is 1. The third kappa shape index (κ3) is 10.2. The van der Waals surface area contributed by atoms with Crippen LogP contribution in [0.2, 0.25) is 0 Å². The second-order valence-corrected chi connectivity index (χ2v) is 20.8. The molecule has 11 rings (SSSR count). The molecule has 0 aliphatic carbocycles. The van der Waals surface area contributed by atoms with E-state index in [0.29, 0.717) is 53.6 Å². The summed E-state index contributed by atoms with van der Waals surface area (Å²) in [7, 11) is 2.32. The van der Waals surface area contributed by atoms with E-state index in [1.807, 2.05) is 114 Å². The number of hydrogen-bond donors (Lipinski definition) is 2. The number of aliphatic hydroxyl groups is 1. The minimum absolute atomic E-state index is 0.00325. The van der Waals surface area contributed by atoms with E-state index >= 15 is 19.2 Å². The third-order valence-corrected chi connectivity index (χ3v) is 16.2. The zero-order valence-corrected chi connectivity index (χ0v) is 45.5. The Morgan fingerprint density at radius 1 is 0.744 bits per heavy atom. The van der Waals surface area contributed by atoms with Crippen LogP contribution in [-0.4, -0.2) is 122 Å². The maximum Gasteiger partial charge on any atom is 0.329 e. The van der Waals surface area contributed by atoms with Gasteiger partial charge in [-0.15, -0.1) is 0 Å². The number of methoxy groups -OCH3 is 2. The smallest absolute Gasteiger partial charge is 0.329 e. The van der Waals surface area contributed by atoms with Gasteiger partial charge in [0.15, 0.2) is 17.4 Å². The number of nitrogens with zero attached hydrogens (tertiary/aromatic N) is 4. The lowest BCUT2D eigenvalue weighted by Crippen LogP contribution is -2.59. The Balaban J connectivity index is 1.12. The number of rotatable bonds is 14. The first-order chi connectivity index (χ1) is 39.9. The predicted octanol–water partition coefficient (Wildman–Crippen LogP) is 6.97. The summed E-state index contributed by atoms with van der Waals surface area (Å²) in [6.07, 6.45) is -1.26. The monoisotopic (exact) mass is 1110 g/mol. The minimum atomic E-state index is -2.11. The van der Waals surface area contributed by atoms with Crippen molar-refractivity contribution in [3.05, 3.63) is 191 Å². The molecule has 1 spiro atoms. The molecule has 3 saturated heterocycles. The van der Waals surface area contributed by atoms with E-state index in [1.165, 1.54) is 0 Å². The highest BCUT2D eigenvalue weighted by Crippen LogP contribution is 2.66. The van der Waals surface area contributed by atoms with Crippen molar-refractivity contribution in [1.82, 2.24) is 20.0 Å². The molecule has 0 radical (unpaired) electrons. The summed E-state index contributed by atoms with van der Waals surface area (Å²) in [6, 6.07) is 40.9. The number of hydrogen-bond acceptors (Lipinski definition) is 15. The van der Waals surface area contributed by atoms with Crippen molar-refractivity contribution in [2.24, 2.45) is 11.8 Å². The first kappa shape index (κ1) is 54.9. The molecule has 5 aliphatic heterocycles. The fourth-order valence-corrected chi connectivity index (χ4v) is 12.4. The molecule has 6 aromatic carbocycles. The summed E-state index contributed by atoms with van der Waals surface area (Å²) in [6.45, 7) is 3.58. The number of ether oxygens (including phenoxy) is 6. The van der Waals surface area contributed by atoms with Crippen LogP contribution in [0.1, 0.15) is 76.5 Å². The Kier molecular flexibility index (Phi) is 15.8. The summed E-state index contributed by atoms with van der Waals surface area (Å²) in [5.74, 6) is 1.17. The number of imide groups is 1. The molecule has 2 N–H and O–H groups in total. The fourth-order valence-electron chi connectivity index (χ4n) is 12.4. The van der Waals surface area contributed by atoms with Crippen molar-refractivity contribution >= 4 is 41.4 Å². The number of amides is 4. The summed E-state index contributed by atoms with van der Waals surface area (Å²) < 4.78 is 33.6. The van der Waals surface area contributed by atoms with Crippen LogP contribution in [0.25, 0.3) is 0 Å². The van der Waals surface area contributed by atoms with Gasteiger partial charge in [-0.1, -0.05) is 121 Å². The highest BCUT2D eigenvalue weighted by Gasteiger charge is 2.76. The van der Waals surface area contributed by atoms with Crippen LogP contribution < -0.4 is 24.4 Å². The largest absolute Gasteiger partial charge is 0.491 e. The van der Waals surface area contributed by atoms with Crippen LogP contribution in [0.15, 0.2) is 152 Å². The van der Waals surface area contributed by atoms with Crippen LogP contribution in [0.4, 0.5) is 10.5 Å². The van der Waals surface area contributed by atoms with E-state index in [9.17, 15) is 14.7 Å². The molecule has 18 heteroatoms. The van der Waals surface area contributed by atoms with Gasteiger partial charge in [-0.25, -0.2) is 9.69 Å². The van der Waals surface area contributed by atoms with Crippen LogP contribution in [-0.2, 0) is 50.1 Å². The number of fused-ring (bicyclic) bond motifs is 4. The molecule has 7 atom stereocenters. The van der Waals surface area contributed by atoms with Gasteiger partial charge in [0.25, 0.3) is 0 Å². The number of cyclic esters (lactones) is 1. The molecule has 420 valence electrons. The van der Waals surface area contributed by atoms with E-state index in [-0.39, 0.29) is 50.8 Å². The van der Waals surface area contributed by atoms with Crippen molar-refractivity contribution < 1.29 is 62.3 Å². The zero-order valence-electron chi connectivity index (χ0n) is 45.5. The lowest BCUT2D eigenvalue weighted by atomic mass is 9.64. The number of nitrogens with one attached hydrogen (secondary N) is 1. The Hall–Kier alpha value is -9.02. The Morgan fingerprint density at radius 2 is 1.40 bits per heavy atom. The number of anilines is 1. The Bertz CT molecular complexity index is 3420. The number of morpholine rings is 1. The highest BCUT2D eigenvalue weighted by molar-refractivity contribution is 6.24. The standard InChI is InChI=1S/C64H61N5O13/c1-40(43-15-7-4-8-16-43)65-63(76)68-50-28-22-41(14-13-21-48(59(72)77-2)60(73)78-3)36-49(50)64(62(68)75)53(58(71)67-32-30-66(31-33-67)38-42-23-29-51-52(37-42)81-39-80-51)55-61(74)82-56(45-19-11-6-12-20-45)54(44-17-9-5-10-18-44)69(55)57(64)46-24-26-47(27-25-46)79-35-34-70/h4-12,15-20,22-29,36-37,40,48,53-57,70H,21,30-35,38-39H2,1-3H3,(H,65,76). The van der Waals surface area contributed by atoms with Crippen molar-refractivity contribution in [3.8, 4) is 29.1 Å². The first-order valence-corrected chi connectivity index (χ1v) is 27.2. The molecule has 6 aromatic rings. The van der Waals surface area contributed by atoms with Gasteiger partial charge in [-0.05, 0) is 82.8 Å². The van der Waals surface area contributed by atoms with Crippen LogP contribution in [0.3, 0.4) is 0 Å². The summed E-state index contributed by atoms with van der Waals surface area (Å²) in [5.41, 5.74) is 2.24. The molecular weight excluding hydrogens is 1050 g/mol. The molecule has 82 heavy (non-hydrogen) atoms. The predicted molar refractivity (Wildman–Crippen MR) is 298 cm³/mol. The van der Waals surface area contributed by atoms with Crippen LogP contribution >= 0.6 is 0 Å². The summed E-state index contributed by atoms with van der Waals surface area (Å²) in [4.78, 5) is 97.5. The van der Waals surface area contributed by atoms with E-state index in [1.54, 1.807) is 54.3 Å². The Labute approximate surface area is 474 Å². The quantitative estimate of drug-likeness (QED) is 0.0490. The molecule has 5 aliphatic rings. The number of aliphatic hydroxyl groups excluding tert-OH is 1. The van der Waals surface area contributed by atoms with Crippen molar-refractivity contribution in [3.63, 3.8) is 0 Å². The van der Waals surface area contributed by atoms with Gasteiger partial charge in [-0.3, -0.25) is 33.8 Å². The lowest BCUT2D eigenvalue weighted by Gasteiger charge is -2.46. The molecule has 0 bridgehead atoms. The first-order valence-electron chi connectivity index (χ1n) is 27.2. The SMILES string of the molecule is COC(=O)C(CC#Cc1ccc2c(c1)C1(C(=O)N2C(=O)NC(C)c2ccccc2)C(C(=O)N2CCN(Cc3ccc4c(c3)OCO4)CC2)C2C(=O)OC(c3ccccc3)C(c3ccccc3)N2C1c1ccc(OCCO)cc1)C(=O)OC. The van der Waals surface area contributed by atoms with E-state index in [0.717, 1.165) is 35.8 Å². The van der Waals surface area contributed by atoms with Crippen LogP contribution in [0, 0.1) is 23.7 Å². The average Bonchev–Trinajstić information content (AvgIpc) is 1.63. The number of benzene rings is 6. The topological polar surface area (TPSA) is 203 Å². The van der Waals surface area contributed by atoms with Gasteiger partial charge in [-0.2, -0.15) is 0 Å². The van der Waals surface area contributed by atoms with Gasteiger partial charge in [0.1, 0.15) is 29.9 Å². The molecule has 5 heterocycles. The minimum Gasteiger partial charge on any atom is -0.491 e. The van der Waals surface area contributed by atoms with Gasteiger partial charge >= 0.3 is 23.9 Å². The molecule has 18 nitrogen and oxygen atoms in total. The second-order valence-electron chi connectivity index (χ2n) is 20.8. The normalized spacial score (nSPS) is 22.1. The lowest BCUT2D eigenvalue weighted by molar-refractivity contribution is -0.179. The summed E-state index contributed by atoms with van der Waals surface area (Å²) in [5, 5.41) is 12.8. The fraction of sp³-hybridized carbons (Fsp3) is 0.312. The molecule has 7 unspecified atom stereocenters. The number of urea groups is 1. The molecule has 0 saturated carbocycles.